The molecule has 1 heterocycles. The fraction of sp³-hybridized carbons (Fsp3) is 0.0952. The predicted molar refractivity (Wildman–Crippen MR) is 100 cm³/mol. The molecule has 0 saturated heterocycles. The Bertz CT molecular complexity index is 1140. The highest BCUT2D eigenvalue weighted by atomic mass is 16.4. The molecular formula is C21H17NO3. The fourth-order valence-electron chi connectivity index (χ4n) is 3.11. The number of aryl methyl sites for hydroxylation is 1. The Balaban J connectivity index is 1.85. The van der Waals surface area contributed by atoms with Gasteiger partial charge in [0.2, 0.25) is 0 Å². The lowest BCUT2D eigenvalue weighted by molar-refractivity contribution is 0.466. The maximum Gasteiger partial charge on any atom is 0.344 e. The molecule has 0 aliphatic carbocycles. The summed E-state index contributed by atoms with van der Waals surface area (Å²) in [6, 6.07) is 18.7. The Labute approximate surface area is 144 Å². The van der Waals surface area contributed by atoms with E-state index in [1.165, 1.54) is 0 Å². The van der Waals surface area contributed by atoms with Gasteiger partial charge in [0.05, 0.1) is 10.9 Å². The number of phenolic OH excluding ortho intramolecular Hbond substituents is 1. The Hall–Kier alpha value is -3.27. The largest absolute Gasteiger partial charge is 0.507 e. The molecule has 3 aromatic carbocycles. The van der Waals surface area contributed by atoms with Crippen LogP contribution in [-0.4, -0.2) is 5.11 Å². The van der Waals surface area contributed by atoms with E-state index in [-0.39, 0.29) is 5.75 Å². The van der Waals surface area contributed by atoms with E-state index < -0.39 is 5.63 Å². The maximum atomic E-state index is 12.3. The molecule has 4 nitrogen and oxygen atoms in total. The number of phenols is 1. The molecule has 0 radical (unpaired) electrons. The quantitative estimate of drug-likeness (QED) is 0.426. The van der Waals surface area contributed by atoms with E-state index >= 15 is 0 Å². The third kappa shape index (κ3) is 2.72. The molecule has 0 fully saturated rings. The molecule has 0 unspecified atom stereocenters. The third-order valence-electron chi connectivity index (χ3n) is 4.36. The molecule has 0 bridgehead atoms. The number of hydrogen-bond donors (Lipinski definition) is 2. The first kappa shape index (κ1) is 15.3. The van der Waals surface area contributed by atoms with E-state index in [2.05, 4.69) is 5.32 Å². The molecule has 124 valence electrons. The molecule has 0 aliphatic rings. The molecule has 0 saturated carbocycles. The van der Waals surface area contributed by atoms with Crippen molar-refractivity contribution in [2.75, 3.05) is 5.32 Å². The van der Waals surface area contributed by atoms with Gasteiger partial charge in [0, 0.05) is 17.6 Å². The van der Waals surface area contributed by atoms with Crippen molar-refractivity contribution in [2.45, 2.75) is 13.5 Å². The Morgan fingerprint density at radius 2 is 1.76 bits per heavy atom. The summed E-state index contributed by atoms with van der Waals surface area (Å²) in [5, 5.41) is 15.8. The van der Waals surface area contributed by atoms with Crippen molar-refractivity contribution in [3.8, 4) is 5.75 Å². The maximum absolute atomic E-state index is 12.3. The summed E-state index contributed by atoms with van der Waals surface area (Å²) in [5.74, 6) is 0.103. The predicted octanol–water partition coefficient (Wildman–Crippen LogP) is 4.57. The Morgan fingerprint density at radius 3 is 2.56 bits per heavy atom. The van der Waals surface area contributed by atoms with Gasteiger partial charge in [-0.05, 0) is 48.2 Å². The number of benzene rings is 3. The van der Waals surface area contributed by atoms with Crippen molar-refractivity contribution >= 4 is 27.4 Å². The number of aromatic hydroxyl groups is 1. The van der Waals surface area contributed by atoms with Gasteiger partial charge in [0.25, 0.3) is 0 Å². The minimum absolute atomic E-state index is 0.103. The number of rotatable bonds is 3. The summed E-state index contributed by atoms with van der Waals surface area (Å²) in [6.07, 6.45) is 0. The van der Waals surface area contributed by atoms with Gasteiger partial charge in [0.15, 0.2) is 0 Å². The molecule has 2 N–H and O–H groups in total. The van der Waals surface area contributed by atoms with Crippen LogP contribution in [0, 0.1) is 6.92 Å². The Kier molecular flexibility index (Phi) is 3.65. The monoisotopic (exact) mass is 331 g/mol. The summed E-state index contributed by atoms with van der Waals surface area (Å²) in [6.45, 7) is 2.37. The van der Waals surface area contributed by atoms with Crippen molar-refractivity contribution in [2.24, 2.45) is 0 Å². The highest BCUT2D eigenvalue weighted by molar-refractivity contribution is 6.05. The van der Waals surface area contributed by atoms with Gasteiger partial charge in [0.1, 0.15) is 11.3 Å². The van der Waals surface area contributed by atoms with Crippen LogP contribution in [0.5, 0.6) is 5.75 Å². The molecule has 4 heteroatoms. The first-order valence-corrected chi connectivity index (χ1v) is 8.10. The van der Waals surface area contributed by atoms with Gasteiger partial charge in [-0.15, -0.1) is 0 Å². The molecule has 4 aromatic rings. The van der Waals surface area contributed by atoms with Crippen LogP contribution < -0.4 is 10.9 Å². The van der Waals surface area contributed by atoms with Crippen LogP contribution in [0.15, 0.2) is 69.9 Å². The van der Waals surface area contributed by atoms with Crippen molar-refractivity contribution in [1.82, 2.24) is 0 Å². The molecule has 0 atom stereocenters. The first-order valence-electron chi connectivity index (χ1n) is 8.10. The average Bonchev–Trinajstić information content (AvgIpc) is 2.61. The minimum atomic E-state index is -0.398. The molecule has 4 rings (SSSR count). The number of hydrogen-bond acceptors (Lipinski definition) is 4. The van der Waals surface area contributed by atoms with Crippen LogP contribution in [0.1, 0.15) is 11.1 Å². The van der Waals surface area contributed by atoms with Crippen molar-refractivity contribution in [1.29, 1.82) is 0 Å². The average molecular weight is 331 g/mol. The van der Waals surface area contributed by atoms with Crippen LogP contribution in [-0.2, 0) is 6.54 Å². The standard InChI is InChI=1S/C21H17NO3/c1-13-5-4-6-14(11-13)22-12-18-19(23)10-9-16-15-7-2-3-8-17(15)21(24)25-20(16)18/h2-11,22-23H,12H2,1H3. The van der Waals surface area contributed by atoms with E-state index in [4.69, 9.17) is 4.42 Å². The topological polar surface area (TPSA) is 62.5 Å². The van der Waals surface area contributed by atoms with Crippen molar-refractivity contribution in [3.05, 3.63) is 82.2 Å². The summed E-state index contributed by atoms with van der Waals surface area (Å²) in [5.41, 5.74) is 2.68. The zero-order valence-electron chi connectivity index (χ0n) is 13.7. The van der Waals surface area contributed by atoms with Crippen LogP contribution in [0.25, 0.3) is 21.7 Å². The van der Waals surface area contributed by atoms with E-state index in [0.29, 0.717) is 23.1 Å². The summed E-state index contributed by atoms with van der Waals surface area (Å²) >= 11 is 0. The lowest BCUT2D eigenvalue weighted by Crippen LogP contribution is -2.04. The van der Waals surface area contributed by atoms with Crippen LogP contribution in [0.2, 0.25) is 0 Å². The lowest BCUT2D eigenvalue weighted by atomic mass is 10.0. The van der Waals surface area contributed by atoms with Crippen LogP contribution in [0.3, 0.4) is 0 Å². The molecule has 0 amide bonds. The number of anilines is 1. The number of nitrogens with one attached hydrogen (secondary N) is 1. The summed E-state index contributed by atoms with van der Waals surface area (Å²) < 4.78 is 5.54. The fourth-order valence-corrected chi connectivity index (χ4v) is 3.11. The van der Waals surface area contributed by atoms with Gasteiger partial charge in [-0.25, -0.2) is 4.79 Å². The second-order valence-corrected chi connectivity index (χ2v) is 6.10. The Morgan fingerprint density at radius 1 is 0.960 bits per heavy atom. The second-order valence-electron chi connectivity index (χ2n) is 6.10. The smallest absolute Gasteiger partial charge is 0.344 e. The summed E-state index contributed by atoms with van der Waals surface area (Å²) in [4.78, 5) is 12.3. The molecule has 1 aromatic heterocycles. The minimum Gasteiger partial charge on any atom is -0.507 e. The van der Waals surface area contributed by atoms with Gasteiger partial charge >= 0.3 is 5.63 Å². The second kappa shape index (κ2) is 5.98. The highest BCUT2D eigenvalue weighted by Crippen LogP contribution is 2.31. The molecule has 0 aliphatic heterocycles. The molecule has 25 heavy (non-hydrogen) atoms. The zero-order chi connectivity index (χ0) is 17.4. The molecular weight excluding hydrogens is 314 g/mol. The lowest BCUT2D eigenvalue weighted by Gasteiger charge is -2.12. The molecule has 0 spiro atoms. The van der Waals surface area contributed by atoms with Crippen LogP contribution >= 0.6 is 0 Å². The van der Waals surface area contributed by atoms with Gasteiger partial charge in [-0.2, -0.15) is 0 Å². The van der Waals surface area contributed by atoms with E-state index in [1.54, 1.807) is 18.2 Å². The van der Waals surface area contributed by atoms with Crippen LogP contribution in [0.4, 0.5) is 5.69 Å². The number of fused-ring (bicyclic) bond motifs is 3. The van der Waals surface area contributed by atoms with Crippen molar-refractivity contribution < 1.29 is 9.52 Å². The normalized spacial score (nSPS) is 11.1. The highest BCUT2D eigenvalue weighted by Gasteiger charge is 2.14. The van der Waals surface area contributed by atoms with Gasteiger partial charge in [-0.3, -0.25) is 0 Å². The van der Waals surface area contributed by atoms with E-state index in [0.717, 1.165) is 22.0 Å². The van der Waals surface area contributed by atoms with Gasteiger partial charge in [-0.1, -0.05) is 30.3 Å². The van der Waals surface area contributed by atoms with E-state index in [1.807, 2.05) is 49.4 Å². The summed E-state index contributed by atoms with van der Waals surface area (Å²) in [7, 11) is 0. The zero-order valence-corrected chi connectivity index (χ0v) is 13.7. The van der Waals surface area contributed by atoms with Gasteiger partial charge < -0.3 is 14.8 Å². The third-order valence-corrected chi connectivity index (χ3v) is 4.36. The SMILES string of the molecule is Cc1cccc(NCc2c(O)ccc3c2oc(=O)c2ccccc23)c1. The van der Waals surface area contributed by atoms with Crippen molar-refractivity contribution in [3.63, 3.8) is 0 Å². The first-order chi connectivity index (χ1) is 12.1. The van der Waals surface area contributed by atoms with E-state index in [9.17, 15) is 9.90 Å².